The molecule has 7 heteroatoms. The average Bonchev–Trinajstić information content (AvgIpc) is 2.30. The standard InChI is InChI=1S/C12H13FN4OS/c1-6(18)7-2-3-9(8(13)4-7)19-12-16-10(14)5-11(15)17-12/h2-6,18H,1H3,(H4,14,15,16,17)/t6-/m1/s1. The van der Waals surface area contributed by atoms with E-state index in [1.807, 2.05) is 0 Å². The Kier molecular flexibility index (Phi) is 3.87. The van der Waals surface area contributed by atoms with Gasteiger partial charge in [-0.25, -0.2) is 14.4 Å². The van der Waals surface area contributed by atoms with Gasteiger partial charge < -0.3 is 16.6 Å². The molecule has 0 unspecified atom stereocenters. The van der Waals surface area contributed by atoms with E-state index in [2.05, 4.69) is 9.97 Å². The third kappa shape index (κ3) is 3.33. The van der Waals surface area contributed by atoms with Crippen molar-refractivity contribution in [1.29, 1.82) is 0 Å². The molecule has 0 saturated heterocycles. The summed E-state index contributed by atoms with van der Waals surface area (Å²) in [5.41, 5.74) is 11.6. The first kappa shape index (κ1) is 13.6. The number of halogens is 1. The summed E-state index contributed by atoms with van der Waals surface area (Å²) in [6.45, 7) is 1.57. The number of nitrogens with two attached hydrogens (primary N) is 2. The first-order chi connectivity index (χ1) is 8.95. The number of aliphatic hydroxyl groups is 1. The van der Waals surface area contributed by atoms with Gasteiger partial charge in [0.2, 0.25) is 0 Å². The molecule has 1 aromatic carbocycles. The zero-order valence-electron chi connectivity index (χ0n) is 10.2. The number of anilines is 2. The molecule has 19 heavy (non-hydrogen) atoms. The molecule has 0 amide bonds. The number of nitrogen functional groups attached to an aromatic ring is 2. The van der Waals surface area contributed by atoms with Crippen LogP contribution in [-0.4, -0.2) is 15.1 Å². The lowest BCUT2D eigenvalue weighted by Gasteiger charge is -2.07. The highest BCUT2D eigenvalue weighted by molar-refractivity contribution is 7.99. The largest absolute Gasteiger partial charge is 0.389 e. The van der Waals surface area contributed by atoms with E-state index in [-0.39, 0.29) is 16.8 Å². The molecule has 0 radical (unpaired) electrons. The molecule has 2 aromatic rings. The molecule has 1 atom stereocenters. The van der Waals surface area contributed by atoms with E-state index in [9.17, 15) is 9.50 Å². The van der Waals surface area contributed by atoms with Crippen molar-refractivity contribution in [3.05, 3.63) is 35.6 Å². The Labute approximate surface area is 113 Å². The molecule has 5 N–H and O–H groups in total. The molecular formula is C12H13FN4OS. The third-order valence-electron chi connectivity index (χ3n) is 2.38. The maximum absolute atomic E-state index is 13.8. The van der Waals surface area contributed by atoms with Crippen LogP contribution in [0.25, 0.3) is 0 Å². The van der Waals surface area contributed by atoms with E-state index in [1.165, 1.54) is 12.1 Å². The van der Waals surface area contributed by atoms with Gasteiger partial charge >= 0.3 is 0 Å². The molecule has 0 aliphatic rings. The van der Waals surface area contributed by atoms with Crippen LogP contribution in [0.15, 0.2) is 34.3 Å². The van der Waals surface area contributed by atoms with Crippen molar-refractivity contribution < 1.29 is 9.50 Å². The van der Waals surface area contributed by atoms with Gasteiger partial charge in [0.25, 0.3) is 0 Å². The molecule has 0 aliphatic carbocycles. The van der Waals surface area contributed by atoms with Gasteiger partial charge in [0.15, 0.2) is 5.16 Å². The van der Waals surface area contributed by atoms with Gasteiger partial charge in [0.1, 0.15) is 17.5 Å². The van der Waals surface area contributed by atoms with Crippen molar-refractivity contribution in [3.63, 3.8) is 0 Å². The fourth-order valence-corrected chi connectivity index (χ4v) is 2.26. The van der Waals surface area contributed by atoms with Crippen LogP contribution in [0.3, 0.4) is 0 Å². The molecule has 5 nitrogen and oxygen atoms in total. The molecule has 1 heterocycles. The number of benzene rings is 1. The summed E-state index contributed by atoms with van der Waals surface area (Å²) in [4.78, 5) is 8.27. The smallest absolute Gasteiger partial charge is 0.196 e. The van der Waals surface area contributed by atoms with Crippen LogP contribution in [0.4, 0.5) is 16.0 Å². The maximum Gasteiger partial charge on any atom is 0.196 e. The molecule has 0 fully saturated rings. The fraction of sp³-hybridized carbons (Fsp3) is 0.167. The van der Waals surface area contributed by atoms with Gasteiger partial charge in [-0.1, -0.05) is 6.07 Å². The predicted molar refractivity (Wildman–Crippen MR) is 72.0 cm³/mol. The van der Waals surface area contributed by atoms with Gasteiger partial charge in [0, 0.05) is 6.07 Å². The molecule has 100 valence electrons. The Morgan fingerprint density at radius 3 is 2.37 bits per heavy atom. The zero-order chi connectivity index (χ0) is 14.0. The van der Waals surface area contributed by atoms with E-state index in [1.54, 1.807) is 19.1 Å². The van der Waals surface area contributed by atoms with Crippen molar-refractivity contribution in [1.82, 2.24) is 9.97 Å². The van der Waals surface area contributed by atoms with E-state index in [0.717, 1.165) is 11.8 Å². The lowest BCUT2D eigenvalue weighted by Crippen LogP contribution is -1.99. The number of rotatable bonds is 3. The summed E-state index contributed by atoms with van der Waals surface area (Å²) in [5, 5.41) is 9.65. The van der Waals surface area contributed by atoms with Gasteiger partial charge in [-0.15, -0.1) is 0 Å². The lowest BCUT2D eigenvalue weighted by molar-refractivity contribution is 0.198. The molecule has 0 aliphatic heterocycles. The normalized spacial score (nSPS) is 12.4. The molecular weight excluding hydrogens is 267 g/mol. The second-order valence-corrected chi connectivity index (χ2v) is 4.98. The van der Waals surface area contributed by atoms with E-state index < -0.39 is 11.9 Å². The summed E-state index contributed by atoms with van der Waals surface area (Å²) < 4.78 is 13.8. The Balaban J connectivity index is 2.28. The van der Waals surface area contributed by atoms with Crippen LogP contribution < -0.4 is 11.5 Å². The summed E-state index contributed by atoms with van der Waals surface area (Å²) in [6.07, 6.45) is -0.715. The van der Waals surface area contributed by atoms with Crippen LogP contribution >= 0.6 is 11.8 Å². The Morgan fingerprint density at radius 2 is 1.84 bits per heavy atom. The van der Waals surface area contributed by atoms with Crippen LogP contribution in [0.5, 0.6) is 0 Å². The van der Waals surface area contributed by atoms with Crippen molar-refractivity contribution >= 4 is 23.4 Å². The minimum Gasteiger partial charge on any atom is -0.389 e. The molecule has 0 saturated carbocycles. The van der Waals surface area contributed by atoms with E-state index >= 15 is 0 Å². The van der Waals surface area contributed by atoms with Crippen LogP contribution in [0.2, 0.25) is 0 Å². The van der Waals surface area contributed by atoms with Crippen molar-refractivity contribution in [2.24, 2.45) is 0 Å². The van der Waals surface area contributed by atoms with Crippen molar-refractivity contribution in [2.75, 3.05) is 11.5 Å². The third-order valence-corrected chi connectivity index (χ3v) is 3.30. The van der Waals surface area contributed by atoms with E-state index in [4.69, 9.17) is 11.5 Å². The minimum absolute atomic E-state index is 0.232. The van der Waals surface area contributed by atoms with Crippen molar-refractivity contribution in [3.8, 4) is 0 Å². The Bertz CT molecular complexity index is 586. The first-order valence-corrected chi connectivity index (χ1v) is 6.33. The highest BCUT2D eigenvalue weighted by Crippen LogP contribution is 2.29. The summed E-state index contributed by atoms with van der Waals surface area (Å²) in [6, 6.07) is 5.91. The van der Waals surface area contributed by atoms with Gasteiger partial charge in [-0.05, 0) is 36.4 Å². The molecule has 0 bridgehead atoms. The molecule has 0 spiro atoms. The SMILES string of the molecule is C[C@@H](O)c1ccc(Sc2nc(N)cc(N)n2)c(F)c1. The Hall–Kier alpha value is -1.86. The maximum atomic E-state index is 13.8. The Morgan fingerprint density at radius 1 is 1.21 bits per heavy atom. The average molecular weight is 280 g/mol. The number of aromatic nitrogens is 2. The number of nitrogens with zero attached hydrogens (tertiary/aromatic N) is 2. The van der Waals surface area contributed by atoms with E-state index in [0.29, 0.717) is 10.5 Å². The summed E-state index contributed by atoms with van der Waals surface area (Å²) in [7, 11) is 0. The van der Waals surface area contributed by atoms with Crippen LogP contribution in [-0.2, 0) is 0 Å². The highest BCUT2D eigenvalue weighted by atomic mass is 32.2. The molecule has 2 rings (SSSR count). The highest BCUT2D eigenvalue weighted by Gasteiger charge is 2.10. The van der Waals surface area contributed by atoms with Crippen LogP contribution in [0.1, 0.15) is 18.6 Å². The van der Waals surface area contributed by atoms with Gasteiger partial charge in [-0.2, -0.15) is 0 Å². The fourth-order valence-electron chi connectivity index (χ4n) is 1.47. The lowest BCUT2D eigenvalue weighted by atomic mass is 10.1. The predicted octanol–water partition coefficient (Wildman–Crippen LogP) is 1.98. The first-order valence-electron chi connectivity index (χ1n) is 5.51. The van der Waals surface area contributed by atoms with Crippen molar-refractivity contribution in [2.45, 2.75) is 23.1 Å². The van der Waals surface area contributed by atoms with Gasteiger partial charge in [-0.3, -0.25) is 0 Å². The second-order valence-electron chi connectivity index (χ2n) is 3.97. The minimum atomic E-state index is -0.715. The van der Waals surface area contributed by atoms with Crippen LogP contribution in [0, 0.1) is 5.82 Å². The number of hydrogen-bond donors (Lipinski definition) is 3. The topological polar surface area (TPSA) is 98.0 Å². The summed E-state index contributed by atoms with van der Waals surface area (Å²) in [5.74, 6) is 0.0139. The zero-order valence-corrected chi connectivity index (χ0v) is 11.0. The van der Waals surface area contributed by atoms with Gasteiger partial charge in [0.05, 0.1) is 11.0 Å². The second kappa shape index (κ2) is 5.41. The number of aliphatic hydroxyl groups excluding tert-OH is 1. The summed E-state index contributed by atoms with van der Waals surface area (Å²) >= 11 is 1.02. The molecule has 1 aromatic heterocycles. The number of hydrogen-bond acceptors (Lipinski definition) is 6. The monoisotopic (exact) mass is 280 g/mol. The quantitative estimate of drug-likeness (QED) is 0.744.